The maximum absolute atomic E-state index is 13.7. The third kappa shape index (κ3) is 18.5. The van der Waals surface area contributed by atoms with Crippen LogP contribution in [-0.2, 0) is 30.5 Å². The van der Waals surface area contributed by atoms with E-state index in [4.69, 9.17) is 9.47 Å². The molecule has 0 radical (unpaired) electrons. The van der Waals surface area contributed by atoms with E-state index in [1.807, 2.05) is 50.4 Å². The van der Waals surface area contributed by atoms with E-state index >= 15 is 0 Å². The number of hydrogen-bond acceptors (Lipinski definition) is 9. The van der Waals surface area contributed by atoms with Crippen LogP contribution in [0.1, 0.15) is 94.1 Å². The molecule has 0 heterocycles. The number of aliphatic hydroxyl groups is 1. The Labute approximate surface area is 308 Å². The standard InChI is InChI=1S/C37H63N5O8S/c1-22(2)19-28(40-32(44)27(17-18-51-11)39-34(46)31(24(5)6)42-36(48)50-37(8,9)10)29(43)20-25(7)38-33(45)30(23(3)4)41-35(47)49-21-26-15-13-12-14-16-26/h12-16,22-25,27-31,43H,17-21H2,1-11H3,(H,38,45)(H,39,46)(H,40,44)(H,41,47)(H,42,48)/t25-,27+,28+,29+,30+,31+/m1/s1. The van der Waals surface area contributed by atoms with E-state index in [1.165, 1.54) is 11.8 Å². The SMILES string of the molecule is CSCC[C@H](NC(=O)[C@@H](NC(=O)OC(C)(C)C)C(C)C)C(=O)N[C@@H](CC(C)C)[C@@H](O)C[C@@H](C)NC(=O)[C@@H](NC(=O)OCc1ccccc1)C(C)C. The lowest BCUT2D eigenvalue weighted by molar-refractivity contribution is -0.131. The van der Waals surface area contributed by atoms with E-state index in [0.29, 0.717) is 18.6 Å². The van der Waals surface area contributed by atoms with Crippen LogP contribution >= 0.6 is 11.8 Å². The zero-order valence-electron chi connectivity index (χ0n) is 32.3. The fourth-order valence-corrected chi connectivity index (χ4v) is 5.66. The zero-order chi connectivity index (χ0) is 38.9. The van der Waals surface area contributed by atoms with Crippen LogP contribution < -0.4 is 26.6 Å². The Bertz CT molecular complexity index is 1240. The molecule has 0 saturated carbocycles. The molecule has 0 saturated heterocycles. The van der Waals surface area contributed by atoms with Crippen LogP contribution in [0.5, 0.6) is 0 Å². The number of ether oxygens (including phenoxy) is 2. The average molecular weight is 738 g/mol. The molecule has 13 nitrogen and oxygen atoms in total. The van der Waals surface area contributed by atoms with Crippen molar-refractivity contribution >= 4 is 41.7 Å². The van der Waals surface area contributed by atoms with Crippen LogP contribution in [0.25, 0.3) is 0 Å². The first-order valence-electron chi connectivity index (χ1n) is 17.8. The normalized spacial score (nSPS) is 15.2. The molecule has 0 aliphatic heterocycles. The molecular weight excluding hydrogens is 675 g/mol. The Balaban J connectivity index is 2.96. The second-order valence-corrected chi connectivity index (χ2v) is 16.1. The van der Waals surface area contributed by atoms with Crippen molar-refractivity contribution in [2.45, 2.75) is 137 Å². The molecule has 0 fully saturated rings. The third-order valence-electron chi connectivity index (χ3n) is 7.80. The number of alkyl carbamates (subject to hydrolysis) is 2. The summed E-state index contributed by atoms with van der Waals surface area (Å²) in [5.74, 6) is -1.26. The van der Waals surface area contributed by atoms with Crippen molar-refractivity contribution in [3.8, 4) is 0 Å². The molecule has 1 rings (SSSR count). The minimum absolute atomic E-state index is 0.0633. The van der Waals surface area contributed by atoms with Gasteiger partial charge in [0, 0.05) is 6.04 Å². The number of amides is 5. The van der Waals surface area contributed by atoms with Gasteiger partial charge in [0.05, 0.1) is 12.1 Å². The topological polar surface area (TPSA) is 184 Å². The highest BCUT2D eigenvalue weighted by atomic mass is 32.2. The average Bonchev–Trinajstić information content (AvgIpc) is 3.01. The minimum atomic E-state index is -1.04. The molecule has 0 aromatic heterocycles. The van der Waals surface area contributed by atoms with Crippen molar-refractivity contribution in [1.82, 2.24) is 26.6 Å². The molecule has 5 amide bonds. The number of aliphatic hydroxyl groups excluding tert-OH is 1. The maximum atomic E-state index is 13.7. The summed E-state index contributed by atoms with van der Waals surface area (Å²) in [4.78, 5) is 65.3. The number of carbonyl (C=O) groups is 5. The predicted octanol–water partition coefficient (Wildman–Crippen LogP) is 4.51. The highest BCUT2D eigenvalue weighted by molar-refractivity contribution is 7.98. The van der Waals surface area contributed by atoms with E-state index in [1.54, 1.807) is 55.4 Å². The molecule has 0 spiro atoms. The Morgan fingerprint density at radius 3 is 1.80 bits per heavy atom. The number of thioether (sulfide) groups is 1. The van der Waals surface area contributed by atoms with Crippen molar-refractivity contribution in [1.29, 1.82) is 0 Å². The van der Waals surface area contributed by atoms with Gasteiger partial charge in [0.2, 0.25) is 17.7 Å². The first-order valence-corrected chi connectivity index (χ1v) is 19.2. The smallest absolute Gasteiger partial charge is 0.408 e. The Kier molecular flexibility index (Phi) is 20.0. The van der Waals surface area contributed by atoms with Crippen LogP contribution in [0.4, 0.5) is 9.59 Å². The maximum Gasteiger partial charge on any atom is 0.408 e. The van der Waals surface area contributed by atoms with Gasteiger partial charge < -0.3 is 41.2 Å². The Morgan fingerprint density at radius 1 is 0.745 bits per heavy atom. The number of carbonyl (C=O) groups excluding carboxylic acids is 5. The first kappa shape index (κ1) is 45.5. The van der Waals surface area contributed by atoms with E-state index in [0.717, 1.165) is 5.56 Å². The molecule has 0 unspecified atom stereocenters. The summed E-state index contributed by atoms with van der Waals surface area (Å²) in [6.45, 7) is 18.1. The molecule has 1 aromatic carbocycles. The summed E-state index contributed by atoms with van der Waals surface area (Å²) in [6.07, 6.45) is 0.279. The van der Waals surface area contributed by atoms with Crippen LogP contribution in [0.3, 0.4) is 0 Å². The summed E-state index contributed by atoms with van der Waals surface area (Å²) < 4.78 is 10.6. The summed E-state index contributed by atoms with van der Waals surface area (Å²) in [5.41, 5.74) is 0.0655. The van der Waals surface area contributed by atoms with Gasteiger partial charge in [-0.05, 0) is 82.3 Å². The second kappa shape index (κ2) is 22.4. The Hall–Kier alpha value is -3.52. The van der Waals surface area contributed by atoms with Gasteiger partial charge in [0.1, 0.15) is 30.3 Å². The third-order valence-corrected chi connectivity index (χ3v) is 8.45. The Morgan fingerprint density at radius 2 is 1.29 bits per heavy atom. The van der Waals surface area contributed by atoms with Crippen LogP contribution in [-0.4, -0.2) is 88.9 Å². The van der Waals surface area contributed by atoms with Gasteiger partial charge >= 0.3 is 12.2 Å². The van der Waals surface area contributed by atoms with Crippen molar-refractivity contribution in [2.24, 2.45) is 17.8 Å². The predicted molar refractivity (Wildman–Crippen MR) is 201 cm³/mol. The molecule has 6 atom stereocenters. The quantitative estimate of drug-likeness (QED) is 0.112. The molecule has 1 aromatic rings. The number of rotatable bonds is 20. The summed E-state index contributed by atoms with van der Waals surface area (Å²) >= 11 is 1.52. The van der Waals surface area contributed by atoms with Gasteiger partial charge in [-0.2, -0.15) is 11.8 Å². The zero-order valence-corrected chi connectivity index (χ0v) is 33.1. The number of benzene rings is 1. The molecule has 0 aliphatic rings. The van der Waals surface area contributed by atoms with Gasteiger partial charge in [0.25, 0.3) is 0 Å². The van der Waals surface area contributed by atoms with Gasteiger partial charge in [-0.15, -0.1) is 0 Å². The number of hydrogen-bond donors (Lipinski definition) is 6. The first-order chi connectivity index (χ1) is 23.7. The lowest BCUT2D eigenvalue weighted by Gasteiger charge is -2.31. The fourth-order valence-electron chi connectivity index (χ4n) is 5.18. The lowest BCUT2D eigenvalue weighted by atomic mass is 9.94. The van der Waals surface area contributed by atoms with Crippen LogP contribution in [0.2, 0.25) is 0 Å². The molecule has 51 heavy (non-hydrogen) atoms. The largest absolute Gasteiger partial charge is 0.445 e. The highest BCUT2D eigenvalue weighted by Gasteiger charge is 2.33. The second-order valence-electron chi connectivity index (χ2n) is 15.1. The van der Waals surface area contributed by atoms with Crippen LogP contribution in [0, 0.1) is 17.8 Å². The van der Waals surface area contributed by atoms with E-state index in [-0.39, 0.29) is 30.8 Å². The molecule has 0 aliphatic carbocycles. The molecule has 6 N–H and O–H groups in total. The van der Waals surface area contributed by atoms with Crippen molar-refractivity contribution in [3.05, 3.63) is 35.9 Å². The summed E-state index contributed by atoms with van der Waals surface area (Å²) in [7, 11) is 0. The number of nitrogens with one attached hydrogen (secondary N) is 5. The fraction of sp³-hybridized carbons (Fsp3) is 0.703. The highest BCUT2D eigenvalue weighted by Crippen LogP contribution is 2.15. The minimum Gasteiger partial charge on any atom is -0.445 e. The van der Waals surface area contributed by atoms with Gasteiger partial charge in [-0.3, -0.25) is 14.4 Å². The van der Waals surface area contributed by atoms with Gasteiger partial charge in [0.15, 0.2) is 0 Å². The van der Waals surface area contributed by atoms with Crippen molar-refractivity contribution in [3.63, 3.8) is 0 Å². The van der Waals surface area contributed by atoms with Gasteiger partial charge in [-0.25, -0.2) is 9.59 Å². The van der Waals surface area contributed by atoms with Gasteiger partial charge in [-0.1, -0.05) is 71.9 Å². The summed E-state index contributed by atoms with van der Waals surface area (Å²) in [5, 5.41) is 25.2. The van der Waals surface area contributed by atoms with Crippen molar-refractivity contribution in [2.75, 3.05) is 12.0 Å². The molecular formula is C37H63N5O8S. The van der Waals surface area contributed by atoms with E-state index in [9.17, 15) is 29.1 Å². The van der Waals surface area contributed by atoms with Crippen molar-refractivity contribution < 1.29 is 38.6 Å². The summed E-state index contributed by atoms with van der Waals surface area (Å²) in [6, 6.07) is 5.26. The molecule has 290 valence electrons. The van der Waals surface area contributed by atoms with E-state index < -0.39 is 71.8 Å². The molecule has 14 heteroatoms. The van der Waals surface area contributed by atoms with Crippen LogP contribution in [0.15, 0.2) is 30.3 Å². The van der Waals surface area contributed by atoms with E-state index in [2.05, 4.69) is 26.6 Å². The lowest BCUT2D eigenvalue weighted by Crippen LogP contribution is -2.58. The monoisotopic (exact) mass is 737 g/mol. The molecule has 0 bridgehead atoms.